The molecule has 0 radical (unpaired) electrons. The molecule has 0 bridgehead atoms. The average Bonchev–Trinajstić information content (AvgIpc) is 3.65. The largest absolute Gasteiger partial charge is 0.356 e. The fraction of sp³-hybridized carbons (Fsp3) is 0.867. The molecule has 0 aromatic rings. The van der Waals surface area contributed by atoms with Crippen molar-refractivity contribution >= 4 is 35.4 Å². The SMILES string of the molecule is CCN(CC)CCCNC(=O)C1CC(NC(=O)C2CCC(N=NC3(C(=O)C4CCCCC4)C(=O)NC34CCC3NC(=O)NC3C4)CC2)CC(C(=O)NCCCN(CC)CC)C1. The lowest BCUT2D eigenvalue weighted by Crippen LogP contribution is -2.85. The molecular formula is C45H76N10O6. The highest BCUT2D eigenvalue weighted by Crippen LogP contribution is 2.50. The Morgan fingerprint density at radius 3 is 1.80 bits per heavy atom. The molecule has 6 fully saturated rings. The van der Waals surface area contributed by atoms with E-state index in [0.29, 0.717) is 77.3 Å². The number of β-lactam (4-membered cyclic amide) rings is 1. The number of carbonyl (C=O) groups excluding carboxylic acids is 6. The van der Waals surface area contributed by atoms with Gasteiger partial charge in [0.2, 0.25) is 23.3 Å². The monoisotopic (exact) mass is 853 g/mol. The maximum atomic E-state index is 14.5. The van der Waals surface area contributed by atoms with Gasteiger partial charge in [0.1, 0.15) is 0 Å². The summed E-state index contributed by atoms with van der Waals surface area (Å²) in [7, 11) is 0. The number of nitrogens with one attached hydrogen (secondary N) is 6. The Kier molecular flexibility index (Phi) is 16.6. The van der Waals surface area contributed by atoms with E-state index in [-0.39, 0.29) is 83.3 Å². The van der Waals surface area contributed by atoms with Gasteiger partial charge < -0.3 is 41.7 Å². The van der Waals surface area contributed by atoms with E-state index in [1.54, 1.807) is 0 Å². The van der Waals surface area contributed by atoms with Gasteiger partial charge in [0.25, 0.3) is 5.91 Å². The highest BCUT2D eigenvalue weighted by atomic mass is 16.2. The van der Waals surface area contributed by atoms with Crippen LogP contribution in [0.2, 0.25) is 0 Å². The van der Waals surface area contributed by atoms with E-state index in [0.717, 1.165) is 84.2 Å². The van der Waals surface area contributed by atoms with Crippen molar-refractivity contribution in [2.24, 2.45) is 33.9 Å². The first kappa shape index (κ1) is 46.8. The molecule has 0 aromatic heterocycles. The number of fused-ring (bicyclic) bond motifs is 1. The third-order valence-corrected chi connectivity index (χ3v) is 15.2. The van der Waals surface area contributed by atoms with Crippen LogP contribution in [-0.2, 0) is 24.0 Å². The van der Waals surface area contributed by atoms with Gasteiger partial charge in [-0.25, -0.2) is 4.79 Å². The zero-order chi connectivity index (χ0) is 43.6. The Morgan fingerprint density at radius 1 is 0.672 bits per heavy atom. The molecule has 61 heavy (non-hydrogen) atoms. The molecule has 342 valence electrons. The van der Waals surface area contributed by atoms with E-state index < -0.39 is 11.1 Å². The van der Waals surface area contributed by atoms with Crippen molar-refractivity contribution in [2.45, 2.75) is 172 Å². The molecule has 0 aromatic carbocycles. The number of rotatable bonds is 20. The van der Waals surface area contributed by atoms with Gasteiger partial charge in [-0.1, -0.05) is 47.0 Å². The number of hydrogen-bond donors (Lipinski definition) is 6. The normalized spacial score (nSPS) is 32.8. The van der Waals surface area contributed by atoms with Gasteiger partial charge in [-0.05, 0) is 129 Å². The van der Waals surface area contributed by atoms with E-state index in [9.17, 15) is 28.8 Å². The summed E-state index contributed by atoms with van der Waals surface area (Å²) >= 11 is 0. The number of hydrogen-bond acceptors (Lipinski definition) is 10. The number of nitrogens with zero attached hydrogens (tertiary/aromatic N) is 4. The summed E-state index contributed by atoms with van der Waals surface area (Å²) in [5.74, 6) is -1.93. The predicted molar refractivity (Wildman–Crippen MR) is 232 cm³/mol. The zero-order valence-electron chi connectivity index (χ0n) is 37.5. The minimum Gasteiger partial charge on any atom is -0.356 e. The van der Waals surface area contributed by atoms with E-state index in [1.807, 2.05) is 0 Å². The molecule has 2 heterocycles. The molecule has 2 saturated heterocycles. The van der Waals surface area contributed by atoms with Crippen molar-refractivity contribution < 1.29 is 28.8 Å². The van der Waals surface area contributed by atoms with Crippen LogP contribution in [-0.4, -0.2) is 133 Å². The van der Waals surface area contributed by atoms with Crippen molar-refractivity contribution in [1.29, 1.82) is 0 Å². The molecule has 16 nitrogen and oxygen atoms in total. The minimum atomic E-state index is -1.61. The lowest BCUT2D eigenvalue weighted by molar-refractivity contribution is -0.159. The van der Waals surface area contributed by atoms with Gasteiger partial charge >= 0.3 is 6.03 Å². The van der Waals surface area contributed by atoms with Gasteiger partial charge in [-0.15, -0.1) is 0 Å². The second kappa shape index (κ2) is 21.6. The van der Waals surface area contributed by atoms with Crippen LogP contribution >= 0.6 is 0 Å². The first-order valence-electron chi connectivity index (χ1n) is 24.1. The summed E-state index contributed by atoms with van der Waals surface area (Å²) in [6, 6.07) is -0.999. The Labute approximate surface area is 363 Å². The number of urea groups is 1. The highest BCUT2D eigenvalue weighted by molar-refractivity contribution is 6.18. The molecule has 1 spiro atoms. The molecule has 6 rings (SSSR count). The lowest BCUT2D eigenvalue weighted by Gasteiger charge is -2.58. The van der Waals surface area contributed by atoms with Gasteiger partial charge in [0.15, 0.2) is 5.78 Å². The van der Waals surface area contributed by atoms with Crippen molar-refractivity contribution in [3.63, 3.8) is 0 Å². The third-order valence-electron chi connectivity index (χ3n) is 15.2. The van der Waals surface area contributed by atoms with Crippen LogP contribution in [0.25, 0.3) is 0 Å². The summed E-state index contributed by atoms with van der Waals surface area (Å²) in [6.45, 7) is 15.4. The van der Waals surface area contributed by atoms with Crippen LogP contribution in [0.15, 0.2) is 10.2 Å². The zero-order valence-corrected chi connectivity index (χ0v) is 37.5. The second-order valence-corrected chi connectivity index (χ2v) is 18.9. The van der Waals surface area contributed by atoms with Crippen molar-refractivity contribution in [3.8, 4) is 0 Å². The summed E-state index contributed by atoms with van der Waals surface area (Å²) < 4.78 is 0. The van der Waals surface area contributed by atoms with Crippen LogP contribution in [0.5, 0.6) is 0 Å². The van der Waals surface area contributed by atoms with Crippen molar-refractivity contribution in [1.82, 2.24) is 41.7 Å². The van der Waals surface area contributed by atoms with Gasteiger partial charge in [0.05, 0.1) is 23.7 Å². The fourth-order valence-electron chi connectivity index (χ4n) is 11.3. The molecule has 2 aliphatic heterocycles. The van der Waals surface area contributed by atoms with Crippen molar-refractivity contribution in [2.75, 3.05) is 52.4 Å². The summed E-state index contributed by atoms with van der Waals surface area (Å²) in [6.07, 6.45) is 11.6. The third kappa shape index (κ3) is 10.9. The molecule has 6 atom stereocenters. The van der Waals surface area contributed by atoms with Crippen LogP contribution in [0.3, 0.4) is 0 Å². The number of amides is 6. The maximum Gasteiger partial charge on any atom is 0.315 e. The molecule has 4 saturated carbocycles. The smallest absolute Gasteiger partial charge is 0.315 e. The summed E-state index contributed by atoms with van der Waals surface area (Å²) in [4.78, 5) is 86.0. The molecule has 4 aliphatic carbocycles. The Balaban J connectivity index is 1.06. The van der Waals surface area contributed by atoms with E-state index in [2.05, 4.69) is 69.4 Å². The van der Waals surface area contributed by atoms with Crippen LogP contribution in [0.4, 0.5) is 4.79 Å². The summed E-state index contributed by atoms with van der Waals surface area (Å²) in [5.41, 5.74) is -2.50. The number of Topliss-reactive ketones (excluding diaryl/α,β-unsaturated/α-hetero) is 1. The van der Waals surface area contributed by atoms with Gasteiger partial charge in [0, 0.05) is 42.8 Å². The van der Waals surface area contributed by atoms with Gasteiger partial charge in [-0.2, -0.15) is 10.2 Å². The highest BCUT2D eigenvalue weighted by Gasteiger charge is 2.73. The molecular weight excluding hydrogens is 777 g/mol. The Bertz CT molecular complexity index is 1530. The number of carbonyl (C=O) groups is 6. The topological polar surface area (TPSA) is 206 Å². The second-order valence-electron chi connectivity index (χ2n) is 18.9. The van der Waals surface area contributed by atoms with Gasteiger partial charge in [-0.3, -0.25) is 24.0 Å². The van der Waals surface area contributed by atoms with Crippen molar-refractivity contribution in [3.05, 3.63) is 0 Å². The number of azo groups is 1. The first-order chi connectivity index (χ1) is 29.4. The van der Waals surface area contributed by atoms with E-state index in [4.69, 9.17) is 10.2 Å². The molecule has 6 aliphatic rings. The average molecular weight is 853 g/mol. The van der Waals surface area contributed by atoms with E-state index >= 15 is 0 Å². The molecule has 6 N–H and O–H groups in total. The van der Waals surface area contributed by atoms with Crippen LogP contribution in [0.1, 0.15) is 137 Å². The quantitative estimate of drug-likeness (QED) is 0.0461. The maximum absolute atomic E-state index is 14.5. The minimum absolute atomic E-state index is 0.0450. The summed E-state index contributed by atoms with van der Waals surface area (Å²) in [5, 5.41) is 28.1. The number of ketones is 1. The molecule has 6 amide bonds. The van der Waals surface area contributed by atoms with Crippen LogP contribution < -0.4 is 31.9 Å². The van der Waals surface area contributed by atoms with Crippen LogP contribution in [0, 0.1) is 23.7 Å². The Morgan fingerprint density at radius 2 is 1.25 bits per heavy atom. The molecule has 16 heteroatoms. The lowest BCUT2D eigenvalue weighted by atomic mass is 9.56. The van der Waals surface area contributed by atoms with E-state index in [1.165, 1.54) is 0 Å². The molecule has 6 unspecified atom stereocenters. The fourth-order valence-corrected chi connectivity index (χ4v) is 11.3. The Hall–Kier alpha value is -3.66. The standard InChI is InChI=1S/C45H76N10O6/c1-5-54(6-2)24-12-22-46-39(57)32-26-33(40(58)47-23-13-25-55(7-3)8-4)28-35(27-32)48-41(59)31-16-18-34(19-17-31)52-53-45(38(56)30-14-10-9-11-15-30)42(60)51-44(45)21-20-36-37(29-44)50-43(61)49-36/h30-37H,5-29H2,1-4H3,(H,46,57)(H,47,58)(H,48,59)(H,51,60)(H2,49,50,61). The first-order valence-corrected chi connectivity index (χ1v) is 24.1. The predicted octanol–water partition coefficient (Wildman–Crippen LogP) is 3.59.